The van der Waals surface area contributed by atoms with Gasteiger partial charge in [-0.05, 0) is 43.7 Å². The summed E-state index contributed by atoms with van der Waals surface area (Å²) >= 11 is 1.43. The predicted molar refractivity (Wildman–Crippen MR) is 120 cm³/mol. The number of nitrogens with one attached hydrogen (secondary N) is 1. The zero-order valence-electron chi connectivity index (χ0n) is 17.9. The van der Waals surface area contributed by atoms with Crippen LogP contribution in [0.1, 0.15) is 31.0 Å². The number of carbonyl (C=O) groups excluding carboxylic acids is 1. The van der Waals surface area contributed by atoms with Crippen molar-refractivity contribution in [3.8, 4) is 11.5 Å². The Bertz CT molecular complexity index is 1020. The Morgan fingerprint density at radius 1 is 1.19 bits per heavy atom. The third-order valence-corrected chi connectivity index (χ3v) is 5.67. The maximum Gasteiger partial charge on any atom is 0.338 e. The second-order valence-corrected chi connectivity index (χ2v) is 7.71. The van der Waals surface area contributed by atoms with E-state index in [0.29, 0.717) is 33.7 Å². The molecule has 6 nitrogen and oxygen atoms in total. The van der Waals surface area contributed by atoms with E-state index in [1.807, 2.05) is 19.1 Å². The number of benzene rings is 2. The normalized spacial score (nSPS) is 15.8. The van der Waals surface area contributed by atoms with Crippen molar-refractivity contribution in [2.24, 2.45) is 4.99 Å². The maximum absolute atomic E-state index is 13.5. The summed E-state index contributed by atoms with van der Waals surface area (Å²) in [6.45, 7) is 3.83. The van der Waals surface area contributed by atoms with Crippen LogP contribution in [0, 0.1) is 5.82 Å². The highest BCUT2D eigenvalue weighted by atomic mass is 32.2. The fraction of sp³-hybridized carbons (Fsp3) is 0.304. The molecule has 3 rings (SSSR count). The molecule has 1 atom stereocenters. The van der Waals surface area contributed by atoms with Crippen molar-refractivity contribution in [1.29, 1.82) is 0 Å². The lowest BCUT2D eigenvalue weighted by molar-refractivity contribution is -0.138. The van der Waals surface area contributed by atoms with Gasteiger partial charge in [-0.15, -0.1) is 0 Å². The molecule has 0 fully saturated rings. The van der Waals surface area contributed by atoms with Gasteiger partial charge in [0.1, 0.15) is 23.4 Å². The van der Waals surface area contributed by atoms with Crippen molar-refractivity contribution >= 4 is 22.9 Å². The number of nitrogens with zero attached hydrogens (tertiary/aromatic N) is 1. The van der Waals surface area contributed by atoms with Gasteiger partial charge in [-0.2, -0.15) is 0 Å². The van der Waals surface area contributed by atoms with Crippen LogP contribution < -0.4 is 14.8 Å². The Morgan fingerprint density at radius 3 is 2.68 bits per heavy atom. The zero-order chi connectivity index (χ0) is 22.4. The third kappa shape index (κ3) is 5.38. The first-order chi connectivity index (χ1) is 15.0. The molecule has 1 aliphatic heterocycles. The molecular formula is C23H25FN2O4S. The van der Waals surface area contributed by atoms with Crippen molar-refractivity contribution in [2.75, 3.05) is 20.8 Å². The van der Waals surface area contributed by atoms with Gasteiger partial charge in [0.15, 0.2) is 5.17 Å². The summed E-state index contributed by atoms with van der Waals surface area (Å²) in [4.78, 5) is 17.5. The second-order valence-electron chi connectivity index (χ2n) is 6.75. The summed E-state index contributed by atoms with van der Waals surface area (Å²) in [6, 6.07) is 11.2. The van der Waals surface area contributed by atoms with E-state index in [1.165, 1.54) is 23.9 Å². The number of halogens is 1. The first-order valence-electron chi connectivity index (χ1n) is 9.78. The lowest BCUT2D eigenvalue weighted by atomic mass is 9.95. The SMILES string of the molecule is CCOC(=O)C1=C(C)NC(SCc2cccc(F)c2)=N[C@@H]1c1ccc(OC)cc1OC. The minimum Gasteiger partial charge on any atom is -0.497 e. The number of hydrogen-bond donors (Lipinski definition) is 1. The number of hydrogen-bond acceptors (Lipinski definition) is 7. The first-order valence-corrected chi connectivity index (χ1v) is 10.8. The van der Waals surface area contributed by atoms with E-state index in [-0.39, 0.29) is 12.4 Å². The Morgan fingerprint density at radius 2 is 2.00 bits per heavy atom. The van der Waals surface area contributed by atoms with Crippen LogP contribution in [-0.2, 0) is 15.3 Å². The number of ether oxygens (including phenoxy) is 3. The molecule has 8 heteroatoms. The topological polar surface area (TPSA) is 69.2 Å². The Labute approximate surface area is 185 Å². The molecule has 0 radical (unpaired) electrons. The number of rotatable bonds is 7. The second kappa shape index (κ2) is 10.3. The molecule has 1 aliphatic rings. The number of aliphatic imine (C=N–C) groups is 1. The van der Waals surface area contributed by atoms with Crippen molar-refractivity contribution in [3.05, 3.63) is 70.7 Å². The molecule has 0 spiro atoms. The Hall–Kier alpha value is -3.00. The summed E-state index contributed by atoms with van der Waals surface area (Å²) in [6.07, 6.45) is 0. The van der Waals surface area contributed by atoms with Crippen LogP contribution in [0.4, 0.5) is 4.39 Å². The monoisotopic (exact) mass is 444 g/mol. The summed E-state index contributed by atoms with van der Waals surface area (Å²) in [5.41, 5.74) is 2.63. The maximum atomic E-state index is 13.5. The fourth-order valence-corrected chi connectivity index (χ4v) is 4.13. The Balaban J connectivity index is 1.96. The van der Waals surface area contributed by atoms with E-state index < -0.39 is 12.0 Å². The van der Waals surface area contributed by atoms with Crippen molar-refractivity contribution in [1.82, 2.24) is 5.32 Å². The molecule has 0 unspecified atom stereocenters. The number of amidine groups is 1. The smallest absolute Gasteiger partial charge is 0.338 e. The van der Waals surface area contributed by atoms with Crippen molar-refractivity contribution in [3.63, 3.8) is 0 Å². The summed E-state index contributed by atoms with van der Waals surface area (Å²) in [5.74, 6) is 1.00. The number of thioether (sulfide) groups is 1. The van der Waals surface area contributed by atoms with E-state index in [2.05, 4.69) is 5.32 Å². The van der Waals surface area contributed by atoms with Crippen LogP contribution >= 0.6 is 11.8 Å². The molecular weight excluding hydrogens is 419 g/mol. The average Bonchev–Trinajstić information content (AvgIpc) is 2.77. The molecule has 0 amide bonds. The fourth-order valence-electron chi connectivity index (χ4n) is 3.24. The molecule has 2 aromatic carbocycles. The zero-order valence-corrected chi connectivity index (χ0v) is 18.7. The quantitative estimate of drug-likeness (QED) is 0.629. The molecule has 0 aliphatic carbocycles. The van der Waals surface area contributed by atoms with Gasteiger partial charge >= 0.3 is 5.97 Å². The van der Waals surface area contributed by atoms with E-state index in [0.717, 1.165) is 11.1 Å². The van der Waals surface area contributed by atoms with Gasteiger partial charge < -0.3 is 19.5 Å². The molecule has 0 saturated carbocycles. The standard InChI is InChI=1S/C23H25FN2O4S/c1-5-30-22(27)20-14(2)25-23(31-13-15-7-6-8-16(24)11-15)26-21(20)18-10-9-17(28-3)12-19(18)29-4/h6-12,21H,5,13H2,1-4H3,(H,25,26)/t21-/m1/s1. The highest BCUT2D eigenvalue weighted by molar-refractivity contribution is 8.13. The molecule has 0 aromatic heterocycles. The van der Waals surface area contributed by atoms with Gasteiger partial charge in [0.25, 0.3) is 0 Å². The van der Waals surface area contributed by atoms with E-state index >= 15 is 0 Å². The molecule has 1 N–H and O–H groups in total. The van der Waals surface area contributed by atoms with Crippen molar-refractivity contribution < 1.29 is 23.4 Å². The van der Waals surface area contributed by atoms with Crippen LogP contribution in [0.25, 0.3) is 0 Å². The van der Waals surface area contributed by atoms with Crippen molar-refractivity contribution in [2.45, 2.75) is 25.6 Å². The van der Waals surface area contributed by atoms with Crippen LogP contribution in [0.15, 0.2) is 58.7 Å². The van der Waals surface area contributed by atoms with E-state index in [4.69, 9.17) is 19.2 Å². The highest BCUT2D eigenvalue weighted by Crippen LogP contribution is 2.39. The van der Waals surface area contributed by atoms with Gasteiger partial charge in [-0.1, -0.05) is 23.9 Å². The lowest BCUT2D eigenvalue weighted by Crippen LogP contribution is -2.30. The first kappa shape index (κ1) is 22.7. The molecule has 0 bridgehead atoms. The van der Waals surface area contributed by atoms with Crippen LogP contribution in [0.5, 0.6) is 11.5 Å². The van der Waals surface area contributed by atoms with Crippen LogP contribution in [0.3, 0.4) is 0 Å². The van der Waals surface area contributed by atoms with Gasteiger partial charge in [-0.25, -0.2) is 14.2 Å². The summed E-state index contributed by atoms with van der Waals surface area (Å²) < 4.78 is 29.6. The Kier molecular flexibility index (Phi) is 7.57. The van der Waals surface area contributed by atoms with Crippen LogP contribution in [0.2, 0.25) is 0 Å². The molecule has 164 valence electrons. The number of esters is 1. The summed E-state index contributed by atoms with van der Waals surface area (Å²) in [5, 5.41) is 3.81. The van der Waals surface area contributed by atoms with Gasteiger partial charge in [0, 0.05) is 23.1 Å². The minimum absolute atomic E-state index is 0.257. The molecule has 1 heterocycles. The minimum atomic E-state index is -0.615. The van der Waals surface area contributed by atoms with Gasteiger partial charge in [0.05, 0.1) is 26.4 Å². The summed E-state index contributed by atoms with van der Waals surface area (Å²) in [7, 11) is 3.13. The predicted octanol–water partition coefficient (Wildman–Crippen LogP) is 4.61. The molecule has 0 saturated heterocycles. The third-order valence-electron chi connectivity index (χ3n) is 4.71. The number of carbonyl (C=O) groups is 1. The van der Waals surface area contributed by atoms with Crippen LogP contribution in [-0.4, -0.2) is 32.0 Å². The molecule has 31 heavy (non-hydrogen) atoms. The van der Waals surface area contributed by atoms with E-state index in [9.17, 15) is 9.18 Å². The van der Waals surface area contributed by atoms with Gasteiger partial charge in [-0.3, -0.25) is 0 Å². The largest absolute Gasteiger partial charge is 0.497 e. The number of methoxy groups -OCH3 is 2. The average molecular weight is 445 g/mol. The lowest BCUT2D eigenvalue weighted by Gasteiger charge is -2.27. The highest BCUT2D eigenvalue weighted by Gasteiger charge is 2.32. The van der Waals surface area contributed by atoms with E-state index in [1.54, 1.807) is 39.3 Å². The molecule has 2 aromatic rings. The number of allylic oxidation sites excluding steroid dienone is 1. The van der Waals surface area contributed by atoms with Gasteiger partial charge in [0.2, 0.25) is 0 Å².